The van der Waals surface area contributed by atoms with Crippen LogP contribution in [0.3, 0.4) is 0 Å². The monoisotopic (exact) mass is 407 g/mol. The van der Waals surface area contributed by atoms with E-state index in [0.717, 1.165) is 31.4 Å². The van der Waals surface area contributed by atoms with Crippen LogP contribution in [0.2, 0.25) is 0 Å². The maximum absolute atomic E-state index is 13.0. The number of aromatic nitrogens is 1. The molecule has 0 fully saturated rings. The van der Waals surface area contributed by atoms with Crippen molar-refractivity contribution >= 4 is 11.8 Å². The molecule has 0 spiro atoms. The number of hydrogen-bond donors (Lipinski definition) is 0. The van der Waals surface area contributed by atoms with Crippen LogP contribution in [-0.4, -0.2) is 59.5 Å². The number of carbonyl (C=O) groups excluding carboxylic acids is 2. The first-order valence-corrected chi connectivity index (χ1v) is 11.2. The van der Waals surface area contributed by atoms with E-state index in [4.69, 9.17) is 4.74 Å². The number of rotatable bonds is 16. The summed E-state index contributed by atoms with van der Waals surface area (Å²) in [7, 11) is 3.62. The summed E-state index contributed by atoms with van der Waals surface area (Å²) in [4.78, 5) is 29.4. The average Bonchev–Trinajstić information content (AvgIpc) is 3.12. The molecule has 6 heteroatoms. The maximum Gasteiger partial charge on any atom is 0.242 e. The second-order valence-corrected chi connectivity index (χ2v) is 7.75. The van der Waals surface area contributed by atoms with Crippen LogP contribution in [0.1, 0.15) is 70.9 Å². The average molecular weight is 408 g/mol. The molecule has 0 saturated carbocycles. The van der Waals surface area contributed by atoms with E-state index in [1.807, 2.05) is 29.9 Å². The van der Waals surface area contributed by atoms with Crippen LogP contribution in [0.15, 0.2) is 18.3 Å². The zero-order valence-corrected chi connectivity index (χ0v) is 19.0. The van der Waals surface area contributed by atoms with Gasteiger partial charge in [0.05, 0.1) is 19.7 Å². The standard InChI is InChI=1S/C23H41N3O3/c1-5-7-9-10-11-14-22(27)25(16-8-6-2)20-23(28)26(17-18-29-4)19-21-13-12-15-24(21)3/h12-13,15H,5-11,14,16-20H2,1-4H3. The molecule has 0 saturated heterocycles. The smallest absolute Gasteiger partial charge is 0.242 e. The van der Waals surface area contributed by atoms with E-state index in [1.165, 1.54) is 19.3 Å². The number of aryl methyl sites for hydroxylation is 1. The highest BCUT2D eigenvalue weighted by Gasteiger charge is 2.21. The molecule has 1 heterocycles. The normalized spacial score (nSPS) is 10.9. The minimum atomic E-state index is -0.0151. The minimum Gasteiger partial charge on any atom is -0.383 e. The van der Waals surface area contributed by atoms with Crippen LogP contribution in [0, 0.1) is 0 Å². The largest absolute Gasteiger partial charge is 0.383 e. The predicted octanol–water partition coefficient (Wildman–Crippen LogP) is 3.99. The van der Waals surface area contributed by atoms with Crippen molar-refractivity contribution in [2.45, 2.75) is 71.8 Å². The highest BCUT2D eigenvalue weighted by Crippen LogP contribution is 2.10. The van der Waals surface area contributed by atoms with Crippen molar-refractivity contribution in [3.05, 3.63) is 24.0 Å². The van der Waals surface area contributed by atoms with Crippen LogP contribution < -0.4 is 0 Å². The molecule has 0 aromatic carbocycles. The molecule has 0 unspecified atom stereocenters. The van der Waals surface area contributed by atoms with Gasteiger partial charge in [-0.05, 0) is 25.0 Å². The van der Waals surface area contributed by atoms with Gasteiger partial charge in [-0.3, -0.25) is 9.59 Å². The Balaban J connectivity index is 2.69. The molecule has 0 radical (unpaired) electrons. The molecule has 0 bridgehead atoms. The summed E-state index contributed by atoms with van der Waals surface area (Å²) in [5.74, 6) is 0.0903. The van der Waals surface area contributed by atoms with Crippen LogP contribution in [0.25, 0.3) is 0 Å². The Bertz CT molecular complexity index is 586. The Morgan fingerprint density at radius 1 is 0.966 bits per heavy atom. The second-order valence-electron chi connectivity index (χ2n) is 7.75. The van der Waals surface area contributed by atoms with Gasteiger partial charge in [0, 0.05) is 45.6 Å². The van der Waals surface area contributed by atoms with Gasteiger partial charge >= 0.3 is 0 Å². The number of amides is 2. The van der Waals surface area contributed by atoms with Crippen molar-refractivity contribution < 1.29 is 14.3 Å². The lowest BCUT2D eigenvalue weighted by Gasteiger charge is -2.28. The van der Waals surface area contributed by atoms with E-state index >= 15 is 0 Å². The van der Waals surface area contributed by atoms with Gasteiger partial charge in [0.15, 0.2) is 0 Å². The molecular weight excluding hydrogens is 366 g/mol. The number of nitrogens with zero attached hydrogens (tertiary/aromatic N) is 3. The summed E-state index contributed by atoms with van der Waals surface area (Å²) in [6, 6.07) is 3.99. The summed E-state index contributed by atoms with van der Waals surface area (Å²) in [5.41, 5.74) is 1.07. The number of methoxy groups -OCH3 is 1. The molecule has 0 aliphatic heterocycles. The summed E-state index contributed by atoms with van der Waals surface area (Å²) in [6.07, 6.45) is 10.0. The van der Waals surface area contributed by atoms with Crippen molar-refractivity contribution in [1.29, 1.82) is 0 Å². The molecule has 6 nitrogen and oxygen atoms in total. The molecule has 1 aromatic rings. The lowest BCUT2D eigenvalue weighted by atomic mass is 10.1. The van der Waals surface area contributed by atoms with Crippen molar-refractivity contribution in [3.63, 3.8) is 0 Å². The quantitative estimate of drug-likeness (QED) is 0.389. The fraction of sp³-hybridized carbons (Fsp3) is 0.739. The van der Waals surface area contributed by atoms with Crippen LogP contribution in [0.5, 0.6) is 0 Å². The highest BCUT2D eigenvalue weighted by molar-refractivity contribution is 5.84. The summed E-state index contributed by atoms with van der Waals surface area (Å²) < 4.78 is 7.21. The van der Waals surface area contributed by atoms with Gasteiger partial charge in [-0.2, -0.15) is 0 Å². The Morgan fingerprint density at radius 2 is 1.69 bits per heavy atom. The van der Waals surface area contributed by atoms with Crippen molar-refractivity contribution in [2.24, 2.45) is 7.05 Å². The predicted molar refractivity (Wildman–Crippen MR) is 118 cm³/mol. The van der Waals surface area contributed by atoms with Crippen LogP contribution >= 0.6 is 0 Å². The third-order valence-electron chi connectivity index (χ3n) is 5.28. The van der Waals surface area contributed by atoms with E-state index in [-0.39, 0.29) is 18.4 Å². The Labute approximate surface area is 177 Å². The third-order valence-corrected chi connectivity index (χ3v) is 5.28. The van der Waals surface area contributed by atoms with Gasteiger partial charge in [0.2, 0.25) is 11.8 Å². The summed E-state index contributed by atoms with van der Waals surface area (Å²) in [5, 5.41) is 0. The van der Waals surface area contributed by atoms with Crippen LogP contribution in [-0.2, 0) is 27.9 Å². The summed E-state index contributed by atoms with van der Waals surface area (Å²) >= 11 is 0. The number of ether oxygens (including phenoxy) is 1. The summed E-state index contributed by atoms with van der Waals surface area (Å²) in [6.45, 7) is 6.63. The van der Waals surface area contributed by atoms with E-state index in [1.54, 1.807) is 16.9 Å². The molecule has 1 rings (SSSR count). The molecular formula is C23H41N3O3. The fourth-order valence-electron chi connectivity index (χ4n) is 3.29. The Kier molecular flexibility index (Phi) is 13.1. The first kappa shape index (κ1) is 25.2. The van der Waals surface area contributed by atoms with Gasteiger partial charge in [-0.15, -0.1) is 0 Å². The van der Waals surface area contributed by atoms with Gasteiger partial charge in [0.25, 0.3) is 0 Å². The minimum absolute atomic E-state index is 0.0151. The van der Waals surface area contributed by atoms with E-state index in [0.29, 0.717) is 32.7 Å². The van der Waals surface area contributed by atoms with Gasteiger partial charge in [-0.25, -0.2) is 0 Å². The lowest BCUT2D eigenvalue weighted by Crippen LogP contribution is -2.44. The second kappa shape index (κ2) is 15.1. The molecule has 0 N–H and O–H groups in total. The Hall–Kier alpha value is -1.82. The molecule has 0 aliphatic carbocycles. The molecule has 0 atom stereocenters. The first-order chi connectivity index (χ1) is 14.0. The Morgan fingerprint density at radius 3 is 2.31 bits per heavy atom. The zero-order valence-electron chi connectivity index (χ0n) is 19.0. The topological polar surface area (TPSA) is 54.8 Å². The molecule has 2 amide bonds. The lowest BCUT2D eigenvalue weighted by molar-refractivity contribution is -0.141. The van der Waals surface area contributed by atoms with E-state index < -0.39 is 0 Å². The number of hydrogen-bond acceptors (Lipinski definition) is 3. The van der Waals surface area contributed by atoms with Gasteiger partial charge in [0.1, 0.15) is 0 Å². The first-order valence-electron chi connectivity index (χ1n) is 11.2. The van der Waals surface area contributed by atoms with E-state index in [9.17, 15) is 9.59 Å². The molecule has 0 aliphatic rings. The van der Waals surface area contributed by atoms with Crippen molar-refractivity contribution in [2.75, 3.05) is 33.4 Å². The molecule has 166 valence electrons. The van der Waals surface area contributed by atoms with Crippen molar-refractivity contribution in [3.8, 4) is 0 Å². The van der Waals surface area contributed by atoms with Crippen LogP contribution in [0.4, 0.5) is 0 Å². The van der Waals surface area contributed by atoms with E-state index in [2.05, 4.69) is 13.8 Å². The van der Waals surface area contributed by atoms with Crippen molar-refractivity contribution in [1.82, 2.24) is 14.4 Å². The maximum atomic E-state index is 13.0. The molecule has 1 aromatic heterocycles. The van der Waals surface area contributed by atoms with Gasteiger partial charge < -0.3 is 19.1 Å². The highest BCUT2D eigenvalue weighted by atomic mass is 16.5. The molecule has 29 heavy (non-hydrogen) atoms. The zero-order chi connectivity index (χ0) is 21.5. The SMILES string of the molecule is CCCCCCCC(=O)N(CCCC)CC(=O)N(CCOC)Cc1cccn1C. The van der Waals surface area contributed by atoms with Gasteiger partial charge in [-0.1, -0.05) is 46.0 Å². The number of unbranched alkanes of at least 4 members (excludes halogenated alkanes) is 5. The number of carbonyl (C=O) groups is 2. The fourth-order valence-corrected chi connectivity index (χ4v) is 3.29. The third kappa shape index (κ3) is 9.97.